The van der Waals surface area contributed by atoms with Crippen molar-refractivity contribution in [1.82, 2.24) is 4.31 Å². The van der Waals surface area contributed by atoms with Gasteiger partial charge in [0.2, 0.25) is 10.0 Å². The number of esters is 1. The van der Waals surface area contributed by atoms with Crippen LogP contribution in [0.2, 0.25) is 0 Å². The second kappa shape index (κ2) is 5.18. The lowest BCUT2D eigenvalue weighted by Crippen LogP contribution is -2.41. The smallest absolute Gasteiger partial charge is 0.324 e. The van der Waals surface area contributed by atoms with Gasteiger partial charge in [-0.15, -0.1) is 0 Å². The number of carbonyl (C=O) groups is 1. The summed E-state index contributed by atoms with van der Waals surface area (Å²) in [5.41, 5.74) is 5.89. The van der Waals surface area contributed by atoms with E-state index < -0.39 is 22.0 Å². The number of methoxy groups -OCH3 is 1. The minimum absolute atomic E-state index is 0.0332. The summed E-state index contributed by atoms with van der Waals surface area (Å²) in [6.07, 6.45) is 1.10. The Morgan fingerprint density at radius 2 is 2.11 bits per heavy atom. The fourth-order valence-electron chi connectivity index (χ4n) is 2.24. The largest absolute Gasteiger partial charge is 0.468 e. The number of hydrogen-bond donors (Lipinski definition) is 1. The van der Waals surface area contributed by atoms with Gasteiger partial charge in [-0.2, -0.15) is 4.31 Å². The Bertz CT molecular complexity index is 585. The van der Waals surface area contributed by atoms with E-state index in [9.17, 15) is 13.2 Å². The summed E-state index contributed by atoms with van der Waals surface area (Å²) in [5.74, 6) is -0.532. The molecule has 104 valence electrons. The number of rotatable bonds is 3. The number of hydrogen-bond acceptors (Lipinski definition) is 5. The molecular weight excluding hydrogens is 268 g/mol. The third-order valence-corrected chi connectivity index (χ3v) is 5.16. The van der Waals surface area contributed by atoms with Crippen molar-refractivity contribution in [3.8, 4) is 0 Å². The van der Waals surface area contributed by atoms with Crippen molar-refractivity contribution in [1.29, 1.82) is 0 Å². The lowest BCUT2D eigenvalue weighted by atomic mass is 10.2. The molecular formula is C12H16N2O4S. The van der Waals surface area contributed by atoms with E-state index in [1.54, 1.807) is 12.1 Å². The highest BCUT2D eigenvalue weighted by Gasteiger charge is 2.40. The molecule has 1 aliphatic rings. The lowest BCUT2D eigenvalue weighted by Gasteiger charge is -2.22. The SMILES string of the molecule is COC(=O)[C@@H]1CCCN1S(=O)(=O)c1ccccc1N. The fraction of sp³-hybridized carbons (Fsp3) is 0.417. The van der Waals surface area contributed by atoms with Crippen LogP contribution in [0.5, 0.6) is 0 Å². The first-order valence-electron chi connectivity index (χ1n) is 5.92. The summed E-state index contributed by atoms with van der Waals surface area (Å²) >= 11 is 0. The maximum absolute atomic E-state index is 12.5. The Hall–Kier alpha value is -1.60. The number of carbonyl (C=O) groups excluding carboxylic acids is 1. The van der Waals surface area contributed by atoms with Crippen molar-refractivity contribution < 1.29 is 17.9 Å². The number of para-hydroxylation sites is 1. The first-order valence-corrected chi connectivity index (χ1v) is 7.36. The maximum Gasteiger partial charge on any atom is 0.324 e. The van der Waals surface area contributed by atoms with Crippen LogP contribution in [0, 0.1) is 0 Å². The zero-order valence-electron chi connectivity index (χ0n) is 10.6. The first-order chi connectivity index (χ1) is 8.98. The van der Waals surface area contributed by atoms with E-state index in [1.807, 2.05) is 0 Å². The average molecular weight is 284 g/mol. The van der Waals surface area contributed by atoms with E-state index in [2.05, 4.69) is 4.74 Å². The number of nitrogen functional groups attached to an aromatic ring is 1. The normalized spacial score (nSPS) is 20.4. The highest BCUT2D eigenvalue weighted by molar-refractivity contribution is 7.89. The molecule has 0 bridgehead atoms. The number of nitrogens with two attached hydrogens (primary N) is 1. The van der Waals surface area contributed by atoms with Crippen molar-refractivity contribution in [3.63, 3.8) is 0 Å². The third-order valence-electron chi connectivity index (χ3n) is 3.18. The minimum Gasteiger partial charge on any atom is -0.468 e. The summed E-state index contributed by atoms with van der Waals surface area (Å²) in [5, 5.41) is 0. The molecule has 0 saturated carbocycles. The second-order valence-electron chi connectivity index (χ2n) is 4.33. The number of anilines is 1. The zero-order chi connectivity index (χ0) is 14.0. The second-order valence-corrected chi connectivity index (χ2v) is 6.19. The summed E-state index contributed by atoms with van der Waals surface area (Å²) in [6, 6.07) is 5.48. The number of benzene rings is 1. The van der Waals surface area contributed by atoms with Crippen LogP contribution in [-0.4, -0.2) is 38.4 Å². The Morgan fingerprint density at radius 1 is 1.42 bits per heavy atom. The molecule has 1 aliphatic heterocycles. The lowest BCUT2D eigenvalue weighted by molar-refractivity contribution is -0.144. The molecule has 1 aromatic rings. The molecule has 0 unspecified atom stereocenters. The van der Waals surface area contributed by atoms with E-state index in [1.165, 1.54) is 23.5 Å². The highest BCUT2D eigenvalue weighted by atomic mass is 32.2. The number of ether oxygens (including phenoxy) is 1. The fourth-order valence-corrected chi connectivity index (χ4v) is 4.01. The molecule has 0 amide bonds. The van der Waals surface area contributed by atoms with Gasteiger partial charge in [-0.25, -0.2) is 8.42 Å². The molecule has 1 heterocycles. The van der Waals surface area contributed by atoms with Crippen LogP contribution >= 0.6 is 0 Å². The van der Waals surface area contributed by atoms with Gasteiger partial charge in [0.05, 0.1) is 12.8 Å². The van der Waals surface area contributed by atoms with Crippen LogP contribution < -0.4 is 5.73 Å². The molecule has 1 aromatic carbocycles. The van der Waals surface area contributed by atoms with Gasteiger partial charge in [0.25, 0.3) is 0 Å². The van der Waals surface area contributed by atoms with E-state index in [0.29, 0.717) is 19.4 Å². The van der Waals surface area contributed by atoms with Gasteiger partial charge in [-0.3, -0.25) is 4.79 Å². The zero-order valence-corrected chi connectivity index (χ0v) is 11.4. The van der Waals surface area contributed by atoms with E-state index in [4.69, 9.17) is 5.73 Å². The molecule has 1 fully saturated rings. The van der Waals surface area contributed by atoms with Gasteiger partial charge in [0.15, 0.2) is 0 Å². The van der Waals surface area contributed by atoms with Crippen LogP contribution in [0.3, 0.4) is 0 Å². The van der Waals surface area contributed by atoms with E-state index >= 15 is 0 Å². The predicted molar refractivity (Wildman–Crippen MR) is 69.8 cm³/mol. The Kier molecular flexibility index (Phi) is 3.77. The summed E-state index contributed by atoms with van der Waals surface area (Å²) in [7, 11) is -2.51. The van der Waals surface area contributed by atoms with Crippen LogP contribution in [0.25, 0.3) is 0 Å². The van der Waals surface area contributed by atoms with Crippen molar-refractivity contribution in [2.24, 2.45) is 0 Å². The van der Waals surface area contributed by atoms with Crippen LogP contribution in [0.4, 0.5) is 5.69 Å². The molecule has 0 radical (unpaired) electrons. The number of sulfonamides is 1. The molecule has 2 N–H and O–H groups in total. The standard InChI is InChI=1S/C12H16N2O4S/c1-18-12(15)10-6-4-8-14(10)19(16,17)11-7-3-2-5-9(11)13/h2-3,5,7,10H,4,6,8,13H2,1H3/t10-/m0/s1. The van der Waals surface area contributed by atoms with Crippen molar-refractivity contribution in [2.45, 2.75) is 23.8 Å². The monoisotopic (exact) mass is 284 g/mol. The molecule has 1 atom stereocenters. The molecule has 19 heavy (non-hydrogen) atoms. The molecule has 0 spiro atoms. The van der Waals surface area contributed by atoms with Gasteiger partial charge < -0.3 is 10.5 Å². The van der Waals surface area contributed by atoms with E-state index in [0.717, 1.165) is 0 Å². The summed E-state index contributed by atoms with van der Waals surface area (Å²) in [4.78, 5) is 11.7. The summed E-state index contributed by atoms with van der Waals surface area (Å²) in [6.45, 7) is 0.302. The van der Waals surface area contributed by atoms with Crippen molar-refractivity contribution >= 4 is 21.7 Å². The Morgan fingerprint density at radius 3 is 2.74 bits per heavy atom. The van der Waals surface area contributed by atoms with Gasteiger partial charge in [-0.05, 0) is 25.0 Å². The van der Waals surface area contributed by atoms with E-state index in [-0.39, 0.29) is 10.6 Å². The molecule has 1 saturated heterocycles. The molecule has 0 aliphatic carbocycles. The van der Waals surface area contributed by atoms with Crippen LogP contribution in [-0.2, 0) is 19.6 Å². The Labute approximate surface area is 112 Å². The molecule has 7 heteroatoms. The molecule has 0 aromatic heterocycles. The maximum atomic E-state index is 12.5. The third kappa shape index (κ3) is 2.43. The molecule has 6 nitrogen and oxygen atoms in total. The van der Waals surface area contributed by atoms with Gasteiger partial charge in [0, 0.05) is 6.54 Å². The van der Waals surface area contributed by atoms with Crippen LogP contribution in [0.1, 0.15) is 12.8 Å². The van der Waals surface area contributed by atoms with Gasteiger partial charge in [0.1, 0.15) is 10.9 Å². The van der Waals surface area contributed by atoms with Crippen LogP contribution in [0.15, 0.2) is 29.2 Å². The molecule has 2 rings (SSSR count). The summed E-state index contributed by atoms with van der Waals surface area (Å²) < 4.78 is 30.9. The van der Waals surface area contributed by atoms with Crippen molar-refractivity contribution in [2.75, 3.05) is 19.4 Å². The average Bonchev–Trinajstić information content (AvgIpc) is 2.88. The highest BCUT2D eigenvalue weighted by Crippen LogP contribution is 2.29. The number of nitrogens with zero attached hydrogens (tertiary/aromatic N) is 1. The quantitative estimate of drug-likeness (QED) is 0.648. The van der Waals surface area contributed by atoms with Gasteiger partial charge in [-0.1, -0.05) is 12.1 Å². The predicted octanol–water partition coefficient (Wildman–Crippen LogP) is 0.595. The first kappa shape index (κ1) is 13.8. The van der Waals surface area contributed by atoms with Crippen molar-refractivity contribution in [3.05, 3.63) is 24.3 Å². The Balaban J connectivity index is 2.40. The minimum atomic E-state index is -3.77. The van der Waals surface area contributed by atoms with Gasteiger partial charge >= 0.3 is 5.97 Å². The topological polar surface area (TPSA) is 89.7 Å².